The number of benzene rings is 1. The molecule has 0 unspecified atom stereocenters. The molecule has 0 bridgehead atoms. The van der Waals surface area contributed by atoms with Crippen LogP contribution in [0, 0.1) is 0 Å². The molecule has 1 amide bonds. The van der Waals surface area contributed by atoms with Crippen molar-refractivity contribution in [1.29, 1.82) is 0 Å². The molecule has 6 heteroatoms. The number of carbonyl (C=O) groups excluding carboxylic acids is 1. The molecule has 1 N–H and O–H groups in total. The zero-order chi connectivity index (χ0) is 13.0. The first-order valence-corrected chi connectivity index (χ1v) is 6.45. The van der Waals surface area contributed by atoms with Gasteiger partial charge in [-0.05, 0) is 17.7 Å². The van der Waals surface area contributed by atoms with Crippen LogP contribution in [-0.4, -0.2) is 37.1 Å². The molecule has 1 fully saturated rings. The van der Waals surface area contributed by atoms with Crippen LogP contribution in [-0.2, 0) is 4.79 Å². The van der Waals surface area contributed by atoms with E-state index in [1.54, 1.807) is 6.21 Å². The number of hydrogen-bond acceptors (Lipinski definition) is 5. The Bertz CT molecular complexity index is 493. The second kappa shape index (κ2) is 5.68. The second-order valence-corrected chi connectivity index (χ2v) is 4.94. The number of nitrogens with zero attached hydrogens (tertiary/aromatic N) is 3. The van der Waals surface area contributed by atoms with Crippen LogP contribution in [0.15, 0.2) is 34.5 Å². The molecule has 0 spiro atoms. The van der Waals surface area contributed by atoms with E-state index < -0.39 is 0 Å². The van der Waals surface area contributed by atoms with Crippen molar-refractivity contribution in [1.82, 2.24) is 5.32 Å². The van der Waals surface area contributed by atoms with Gasteiger partial charge in [-0.1, -0.05) is 23.9 Å². The van der Waals surface area contributed by atoms with E-state index in [1.807, 2.05) is 43.3 Å². The summed E-state index contributed by atoms with van der Waals surface area (Å²) >= 11 is 1.36. The fraction of sp³-hybridized carbons (Fsp3) is 0.250. The lowest BCUT2D eigenvalue weighted by molar-refractivity contribution is -0.116. The van der Waals surface area contributed by atoms with Gasteiger partial charge in [-0.3, -0.25) is 4.79 Å². The summed E-state index contributed by atoms with van der Waals surface area (Å²) < 4.78 is 0. The monoisotopic (exact) mass is 262 g/mol. The lowest BCUT2D eigenvalue weighted by atomic mass is 10.2. The maximum absolute atomic E-state index is 10.9. The van der Waals surface area contributed by atoms with Crippen molar-refractivity contribution in [2.45, 2.75) is 0 Å². The van der Waals surface area contributed by atoms with Crippen molar-refractivity contribution in [3.05, 3.63) is 29.8 Å². The number of rotatable bonds is 3. The zero-order valence-corrected chi connectivity index (χ0v) is 11.1. The lowest BCUT2D eigenvalue weighted by Crippen LogP contribution is -2.19. The quantitative estimate of drug-likeness (QED) is 0.660. The molecule has 0 radical (unpaired) electrons. The Morgan fingerprint density at radius 1 is 1.33 bits per heavy atom. The molecule has 18 heavy (non-hydrogen) atoms. The summed E-state index contributed by atoms with van der Waals surface area (Å²) in [7, 11) is 3.99. The molecule has 1 heterocycles. The zero-order valence-electron chi connectivity index (χ0n) is 10.3. The van der Waals surface area contributed by atoms with Crippen LogP contribution in [0.1, 0.15) is 5.56 Å². The predicted octanol–water partition coefficient (Wildman–Crippen LogP) is 1.31. The molecule has 5 nitrogen and oxygen atoms in total. The molecule has 0 atom stereocenters. The van der Waals surface area contributed by atoms with Gasteiger partial charge in [-0.15, -0.1) is 5.10 Å². The van der Waals surface area contributed by atoms with Crippen LogP contribution in [0.5, 0.6) is 0 Å². The van der Waals surface area contributed by atoms with E-state index in [4.69, 9.17) is 0 Å². The van der Waals surface area contributed by atoms with Crippen molar-refractivity contribution < 1.29 is 4.79 Å². The topological polar surface area (TPSA) is 57.1 Å². The molecule has 2 rings (SSSR count). The SMILES string of the molecule is CN(C)c1ccc(C=N/N=C2\NC(=O)CS2)cc1. The van der Waals surface area contributed by atoms with Gasteiger partial charge < -0.3 is 10.2 Å². The van der Waals surface area contributed by atoms with Crippen molar-refractivity contribution in [2.75, 3.05) is 24.7 Å². The Hall–Kier alpha value is -1.82. The number of amides is 1. The summed E-state index contributed by atoms with van der Waals surface area (Å²) in [6.07, 6.45) is 1.66. The summed E-state index contributed by atoms with van der Waals surface area (Å²) in [5.41, 5.74) is 2.11. The Morgan fingerprint density at radius 2 is 2.06 bits per heavy atom. The smallest absolute Gasteiger partial charge is 0.236 e. The van der Waals surface area contributed by atoms with Crippen molar-refractivity contribution in [3.8, 4) is 0 Å². The third kappa shape index (κ3) is 3.33. The van der Waals surface area contributed by atoms with E-state index in [9.17, 15) is 4.79 Å². The van der Waals surface area contributed by atoms with Gasteiger partial charge in [0.05, 0.1) is 12.0 Å². The first-order valence-electron chi connectivity index (χ1n) is 5.46. The maximum atomic E-state index is 10.9. The molecule has 1 saturated heterocycles. The summed E-state index contributed by atoms with van der Waals surface area (Å²) in [5.74, 6) is 0.399. The van der Waals surface area contributed by atoms with E-state index in [-0.39, 0.29) is 5.91 Å². The highest BCUT2D eigenvalue weighted by atomic mass is 32.2. The molecule has 94 valence electrons. The largest absolute Gasteiger partial charge is 0.378 e. The molecule has 1 aliphatic rings. The molecule has 0 aromatic heterocycles. The van der Waals surface area contributed by atoms with Gasteiger partial charge in [0.2, 0.25) is 5.91 Å². The third-order valence-electron chi connectivity index (χ3n) is 2.35. The third-order valence-corrected chi connectivity index (χ3v) is 3.21. The van der Waals surface area contributed by atoms with Crippen LogP contribution >= 0.6 is 11.8 Å². The molecule has 1 aliphatic heterocycles. The van der Waals surface area contributed by atoms with Gasteiger partial charge >= 0.3 is 0 Å². The fourth-order valence-electron chi connectivity index (χ4n) is 1.39. The Kier molecular flexibility index (Phi) is 3.99. The summed E-state index contributed by atoms with van der Waals surface area (Å²) in [4.78, 5) is 13.0. The van der Waals surface area contributed by atoms with Gasteiger partial charge in [-0.2, -0.15) is 5.10 Å². The van der Waals surface area contributed by atoms with Gasteiger partial charge in [-0.25, -0.2) is 0 Å². The van der Waals surface area contributed by atoms with Crippen molar-refractivity contribution in [2.24, 2.45) is 10.2 Å². The first-order chi connectivity index (χ1) is 8.65. The highest BCUT2D eigenvalue weighted by Gasteiger charge is 2.15. The Balaban J connectivity index is 1.99. The van der Waals surface area contributed by atoms with E-state index in [1.165, 1.54) is 11.8 Å². The standard InChI is InChI=1S/C12H14N4OS/c1-16(2)10-5-3-9(4-6-10)7-13-15-12-14-11(17)8-18-12/h3-7H,8H2,1-2H3,(H,14,15,17). The number of carbonyl (C=O) groups is 1. The minimum atomic E-state index is -0.0238. The first kappa shape index (κ1) is 12.6. The molecule has 1 aromatic rings. The summed E-state index contributed by atoms with van der Waals surface area (Å²) in [6.45, 7) is 0. The minimum Gasteiger partial charge on any atom is -0.378 e. The van der Waals surface area contributed by atoms with Crippen LogP contribution < -0.4 is 10.2 Å². The van der Waals surface area contributed by atoms with E-state index >= 15 is 0 Å². The minimum absolute atomic E-state index is 0.0238. The van der Waals surface area contributed by atoms with Crippen molar-refractivity contribution in [3.63, 3.8) is 0 Å². The van der Waals surface area contributed by atoms with Gasteiger partial charge in [0.25, 0.3) is 0 Å². The summed E-state index contributed by atoms with van der Waals surface area (Å²) in [6, 6.07) is 7.97. The van der Waals surface area contributed by atoms with Gasteiger partial charge in [0.1, 0.15) is 0 Å². The van der Waals surface area contributed by atoms with E-state index in [0.29, 0.717) is 10.9 Å². The maximum Gasteiger partial charge on any atom is 0.236 e. The normalized spacial score (nSPS) is 17.4. The molecule has 1 aromatic carbocycles. The van der Waals surface area contributed by atoms with Crippen molar-refractivity contribution >= 4 is 34.7 Å². The van der Waals surface area contributed by atoms with Crippen LogP contribution in [0.25, 0.3) is 0 Å². The van der Waals surface area contributed by atoms with Gasteiger partial charge in [0, 0.05) is 19.8 Å². The van der Waals surface area contributed by atoms with Crippen LogP contribution in [0.2, 0.25) is 0 Å². The van der Waals surface area contributed by atoms with Gasteiger partial charge in [0.15, 0.2) is 5.17 Å². The van der Waals surface area contributed by atoms with Crippen LogP contribution in [0.3, 0.4) is 0 Å². The highest BCUT2D eigenvalue weighted by Crippen LogP contribution is 2.11. The Labute approximate surface area is 110 Å². The number of anilines is 1. The van der Waals surface area contributed by atoms with Crippen LogP contribution in [0.4, 0.5) is 5.69 Å². The molecular formula is C12H14N4OS. The van der Waals surface area contributed by atoms with E-state index in [0.717, 1.165) is 11.3 Å². The number of hydrogen-bond donors (Lipinski definition) is 1. The number of thioether (sulfide) groups is 1. The Morgan fingerprint density at radius 3 is 2.61 bits per heavy atom. The number of nitrogens with one attached hydrogen (secondary N) is 1. The second-order valence-electron chi connectivity index (χ2n) is 3.97. The average molecular weight is 262 g/mol. The highest BCUT2D eigenvalue weighted by molar-refractivity contribution is 8.15. The molecule has 0 saturated carbocycles. The van der Waals surface area contributed by atoms with E-state index in [2.05, 4.69) is 15.5 Å². The molecule has 0 aliphatic carbocycles. The lowest BCUT2D eigenvalue weighted by Gasteiger charge is -2.11. The summed E-state index contributed by atoms with van der Waals surface area (Å²) in [5, 5.41) is 11.1. The average Bonchev–Trinajstić information content (AvgIpc) is 2.76. The predicted molar refractivity (Wildman–Crippen MR) is 76.4 cm³/mol. The molecular weight excluding hydrogens is 248 g/mol. The fourth-order valence-corrected chi connectivity index (χ4v) is 2.02. The number of amidine groups is 1.